The molecule has 1 saturated heterocycles. The molecule has 2 aromatic rings. The molecule has 19 heteroatoms. The lowest BCUT2D eigenvalue weighted by Gasteiger charge is -2.29. The first kappa shape index (κ1) is 37.3. The number of anilines is 1. The van der Waals surface area contributed by atoms with Gasteiger partial charge in [0.2, 0.25) is 6.10 Å². The van der Waals surface area contributed by atoms with Gasteiger partial charge in [-0.3, -0.25) is 37.8 Å². The van der Waals surface area contributed by atoms with Crippen molar-refractivity contribution in [2.75, 3.05) is 12.3 Å². The molecule has 18 nitrogen and oxygen atoms in total. The smallest absolute Gasteiger partial charge is 0.402 e. The van der Waals surface area contributed by atoms with Gasteiger partial charge in [-0.25, -0.2) is 26.2 Å². The number of carbonyl (C=O) groups excluding carboxylic acids is 4. The van der Waals surface area contributed by atoms with Gasteiger partial charge in [0.05, 0.1) is 17.9 Å². The molecular formula is C28H40N7O11P. The second kappa shape index (κ2) is 15.2. The summed E-state index contributed by atoms with van der Waals surface area (Å²) in [5, 5.41) is 9.23. The summed E-state index contributed by atoms with van der Waals surface area (Å²) < 4.78 is 49.1. The van der Waals surface area contributed by atoms with Crippen molar-refractivity contribution >= 4 is 42.9 Å². The minimum absolute atomic E-state index is 0.123. The van der Waals surface area contributed by atoms with Crippen molar-refractivity contribution in [1.29, 1.82) is 0 Å². The summed E-state index contributed by atoms with van der Waals surface area (Å²) in [5.74, 6) is -3.09. The molecule has 1 aliphatic heterocycles. The largest absolute Gasteiger partial charge is 0.462 e. The Hall–Kier alpha value is -4.14. The van der Waals surface area contributed by atoms with Crippen molar-refractivity contribution in [3.05, 3.63) is 35.6 Å². The number of ether oxygens (including phenoxy) is 5. The second-order valence-corrected chi connectivity index (χ2v) is 13.2. The second-order valence-electron chi connectivity index (χ2n) is 11.3. The minimum atomic E-state index is -4.48. The molecular weight excluding hydrogens is 641 g/mol. The molecule has 0 saturated carbocycles. The van der Waals surface area contributed by atoms with Gasteiger partial charge in [-0.05, 0) is 53.7 Å². The molecule has 0 bridgehead atoms. The van der Waals surface area contributed by atoms with Gasteiger partial charge in [-0.2, -0.15) is 5.10 Å². The molecule has 0 radical (unpaired) electrons. The number of rotatable bonds is 14. The van der Waals surface area contributed by atoms with Crippen molar-refractivity contribution < 1.29 is 52.0 Å². The van der Waals surface area contributed by atoms with Gasteiger partial charge >= 0.3 is 37.3 Å². The number of nitrogens with two attached hydrogens (primary N) is 1. The highest BCUT2D eigenvalue weighted by Crippen LogP contribution is 2.48. The standard InChI is InChI=1S/C28H40N7O11P/c1-14(2)42-26(38)16(5)33-47(40,34-17(6)27(39)43-15(3)4)41-12-28(30-9)24(45-19(8)37)23(44-18(7)36)22(46-28)20-10-11-21-25(29)31-13-32-35(20)21/h10-11,13-17,22-24H,12H2,1-8H3,(H2,29,31,32)(H2,33,34,40)/t16-,17-,22-,23-,24-,28+/m0/s1. The Labute approximate surface area is 271 Å². The zero-order chi connectivity index (χ0) is 35.3. The number of hydrogen-bond acceptors (Lipinski definition) is 14. The molecule has 3 heterocycles. The Kier molecular flexibility index (Phi) is 12.1. The molecule has 6 atom stereocenters. The molecule has 0 spiro atoms. The lowest BCUT2D eigenvalue weighted by molar-refractivity contribution is -0.167. The zero-order valence-electron chi connectivity index (χ0n) is 27.3. The third-order valence-corrected chi connectivity index (χ3v) is 8.50. The molecule has 0 amide bonds. The molecule has 0 unspecified atom stereocenters. The third-order valence-electron chi connectivity index (χ3n) is 6.55. The fourth-order valence-electron chi connectivity index (χ4n) is 4.66. The first-order valence-corrected chi connectivity index (χ1v) is 16.2. The Bertz CT molecular complexity index is 1540. The van der Waals surface area contributed by atoms with E-state index in [-0.39, 0.29) is 11.5 Å². The fourth-order valence-corrected chi connectivity index (χ4v) is 6.48. The van der Waals surface area contributed by atoms with Gasteiger partial charge < -0.3 is 24.7 Å². The number of esters is 4. The summed E-state index contributed by atoms with van der Waals surface area (Å²) in [6.07, 6.45) is -4.16. The van der Waals surface area contributed by atoms with Crippen molar-refractivity contribution in [2.45, 2.75) is 104 Å². The van der Waals surface area contributed by atoms with Crippen LogP contribution < -0.4 is 15.9 Å². The van der Waals surface area contributed by atoms with Gasteiger partial charge in [0.15, 0.2) is 18.5 Å². The Balaban J connectivity index is 2.06. The number of carbonyl (C=O) groups is 4. The summed E-state index contributed by atoms with van der Waals surface area (Å²) in [5.41, 5.74) is 4.31. The molecule has 4 N–H and O–H groups in total. The van der Waals surface area contributed by atoms with Crippen LogP contribution in [-0.2, 0) is 52.0 Å². The lowest BCUT2D eigenvalue weighted by Crippen LogP contribution is -2.49. The Morgan fingerprint density at radius 2 is 1.57 bits per heavy atom. The number of nitrogens with one attached hydrogen (secondary N) is 2. The Morgan fingerprint density at radius 1 is 1.02 bits per heavy atom. The summed E-state index contributed by atoms with van der Waals surface area (Å²) in [4.78, 5) is 57.4. The first-order chi connectivity index (χ1) is 21.9. The van der Waals surface area contributed by atoms with E-state index in [2.05, 4.69) is 25.1 Å². The van der Waals surface area contributed by atoms with Gasteiger partial charge in [0.25, 0.3) is 0 Å². The van der Waals surface area contributed by atoms with Crippen LogP contribution >= 0.6 is 7.67 Å². The summed E-state index contributed by atoms with van der Waals surface area (Å²) in [6.45, 7) is 18.7. The minimum Gasteiger partial charge on any atom is -0.462 e. The van der Waals surface area contributed by atoms with Crippen LogP contribution in [0.4, 0.5) is 5.82 Å². The first-order valence-electron chi connectivity index (χ1n) is 14.6. The van der Waals surface area contributed by atoms with E-state index in [9.17, 15) is 23.7 Å². The van der Waals surface area contributed by atoms with Crippen LogP contribution in [0.3, 0.4) is 0 Å². The van der Waals surface area contributed by atoms with E-state index in [1.807, 2.05) is 0 Å². The van der Waals surface area contributed by atoms with E-state index >= 15 is 0 Å². The van der Waals surface area contributed by atoms with Crippen LogP contribution in [0.1, 0.15) is 67.2 Å². The molecule has 0 aliphatic carbocycles. The van der Waals surface area contributed by atoms with Crippen LogP contribution in [-0.4, -0.2) is 87.3 Å². The van der Waals surface area contributed by atoms with Crippen LogP contribution in [0.25, 0.3) is 10.4 Å². The van der Waals surface area contributed by atoms with E-state index in [1.54, 1.807) is 39.8 Å². The number of hydrogen-bond donors (Lipinski definition) is 3. The molecule has 0 aromatic carbocycles. The fraction of sp³-hybridized carbons (Fsp3) is 0.607. The summed E-state index contributed by atoms with van der Waals surface area (Å²) in [7, 11) is -4.48. The number of nitrogens with zero attached hydrogens (tertiary/aromatic N) is 4. The molecule has 2 aromatic heterocycles. The van der Waals surface area contributed by atoms with Gasteiger partial charge in [-0.1, -0.05) is 0 Å². The van der Waals surface area contributed by atoms with Gasteiger partial charge in [-0.15, -0.1) is 0 Å². The highest BCUT2D eigenvalue weighted by molar-refractivity contribution is 7.54. The summed E-state index contributed by atoms with van der Waals surface area (Å²) in [6, 6.07) is 0.650. The molecule has 47 heavy (non-hydrogen) atoms. The maximum absolute atomic E-state index is 14.3. The topological polar surface area (TPSA) is 225 Å². The van der Waals surface area contributed by atoms with E-state index < -0.39 is 86.5 Å². The maximum atomic E-state index is 14.3. The van der Waals surface area contributed by atoms with Crippen molar-refractivity contribution in [3.63, 3.8) is 0 Å². The van der Waals surface area contributed by atoms with Crippen molar-refractivity contribution in [3.8, 4) is 0 Å². The molecule has 258 valence electrons. The van der Waals surface area contributed by atoms with Crippen LogP contribution in [0, 0.1) is 6.57 Å². The average molecular weight is 682 g/mol. The normalized spacial score (nSPS) is 22.4. The number of fused-ring (bicyclic) bond motifs is 1. The van der Waals surface area contributed by atoms with Crippen molar-refractivity contribution in [1.82, 2.24) is 24.8 Å². The van der Waals surface area contributed by atoms with E-state index in [1.165, 1.54) is 24.7 Å². The number of aromatic nitrogens is 3. The van der Waals surface area contributed by atoms with E-state index in [4.69, 9.17) is 40.5 Å². The van der Waals surface area contributed by atoms with Crippen LogP contribution in [0.5, 0.6) is 0 Å². The lowest BCUT2D eigenvalue weighted by atomic mass is 10.0. The quantitative estimate of drug-likeness (QED) is 0.112. The third kappa shape index (κ3) is 9.02. The molecule has 1 aliphatic rings. The van der Waals surface area contributed by atoms with Crippen LogP contribution in [0.2, 0.25) is 0 Å². The zero-order valence-corrected chi connectivity index (χ0v) is 28.2. The predicted molar refractivity (Wildman–Crippen MR) is 163 cm³/mol. The molecule has 3 rings (SSSR count). The average Bonchev–Trinajstić information content (AvgIpc) is 3.51. The van der Waals surface area contributed by atoms with Crippen LogP contribution in [0.15, 0.2) is 18.5 Å². The molecule has 1 fully saturated rings. The predicted octanol–water partition coefficient (Wildman–Crippen LogP) is 1.85. The van der Waals surface area contributed by atoms with Crippen molar-refractivity contribution in [2.24, 2.45) is 0 Å². The van der Waals surface area contributed by atoms with Gasteiger partial charge in [0.1, 0.15) is 30.0 Å². The maximum Gasteiger partial charge on any atom is 0.402 e. The number of nitrogen functional groups attached to an aromatic ring is 1. The SMILES string of the molecule is [C-]#[N+][C@]1(COP(=O)(N[C@@H](C)C(=O)OC(C)C)N[C@@H](C)C(=O)OC(C)C)O[C@@H](c2ccc3c(N)ncnn23)[C@H](OC(C)=O)[C@@H]1OC(C)=O. The highest BCUT2D eigenvalue weighted by Gasteiger charge is 2.67. The van der Waals surface area contributed by atoms with E-state index in [0.29, 0.717) is 5.52 Å². The van der Waals surface area contributed by atoms with Gasteiger partial charge in [0, 0.05) is 13.8 Å². The monoisotopic (exact) mass is 681 g/mol. The highest BCUT2D eigenvalue weighted by atomic mass is 31.2. The Morgan fingerprint density at radius 3 is 2.06 bits per heavy atom. The summed E-state index contributed by atoms with van der Waals surface area (Å²) >= 11 is 0. The van der Waals surface area contributed by atoms with E-state index in [0.717, 1.165) is 13.8 Å².